The number of aromatic amines is 1. The van der Waals surface area contributed by atoms with Crippen LogP contribution in [0.2, 0.25) is 0 Å². The normalized spacial score (nSPS) is 15.3. The summed E-state index contributed by atoms with van der Waals surface area (Å²) in [5, 5.41) is 1.14. The van der Waals surface area contributed by atoms with Gasteiger partial charge in [0.2, 0.25) is 5.95 Å². The van der Waals surface area contributed by atoms with Gasteiger partial charge in [-0.05, 0) is 26.0 Å². The average Bonchev–Trinajstić information content (AvgIpc) is 3.34. The topological polar surface area (TPSA) is 71.9 Å². The fourth-order valence-electron chi connectivity index (χ4n) is 3.67. The Bertz CT molecular complexity index is 1110. The molecule has 138 valence electrons. The maximum absolute atomic E-state index is 5.50. The fraction of sp³-hybridized carbons (Fsp3) is 0.350. The molecule has 7 nitrogen and oxygen atoms in total. The Kier molecular flexibility index (Phi) is 3.82. The highest BCUT2D eigenvalue weighted by Crippen LogP contribution is 2.33. The van der Waals surface area contributed by atoms with Crippen LogP contribution in [0.15, 0.2) is 36.8 Å². The van der Waals surface area contributed by atoms with Gasteiger partial charge in [0, 0.05) is 41.8 Å². The van der Waals surface area contributed by atoms with Crippen LogP contribution in [0.4, 0.5) is 5.95 Å². The molecular formula is C20H22N6O. The fourth-order valence-corrected chi connectivity index (χ4v) is 3.67. The Morgan fingerprint density at radius 1 is 1.11 bits per heavy atom. The molecule has 0 radical (unpaired) electrons. The minimum Gasteiger partial charge on any atom is -0.378 e. The molecule has 1 aliphatic rings. The number of nitrogens with one attached hydrogen (secondary N) is 1. The zero-order valence-corrected chi connectivity index (χ0v) is 15.5. The minimum atomic E-state index is 0.276. The highest BCUT2D eigenvalue weighted by molar-refractivity contribution is 6.00. The van der Waals surface area contributed by atoms with Gasteiger partial charge >= 0.3 is 0 Å². The third-order valence-electron chi connectivity index (χ3n) is 5.11. The second-order valence-corrected chi connectivity index (χ2v) is 7.13. The number of fused-ring (bicyclic) bond motifs is 2. The first-order valence-corrected chi connectivity index (χ1v) is 9.36. The molecule has 0 saturated carbocycles. The van der Waals surface area contributed by atoms with Crippen molar-refractivity contribution in [3.05, 3.63) is 36.8 Å². The quantitative estimate of drug-likeness (QED) is 0.605. The average molecular weight is 362 g/mol. The maximum Gasteiger partial charge on any atom is 0.228 e. The lowest BCUT2D eigenvalue weighted by molar-refractivity contribution is 0.122. The monoisotopic (exact) mass is 362 g/mol. The molecule has 4 heterocycles. The minimum absolute atomic E-state index is 0.276. The first kappa shape index (κ1) is 16.3. The van der Waals surface area contributed by atoms with Gasteiger partial charge < -0.3 is 19.2 Å². The van der Waals surface area contributed by atoms with Crippen LogP contribution in [0.3, 0.4) is 0 Å². The number of anilines is 1. The molecule has 1 aliphatic heterocycles. The Morgan fingerprint density at radius 3 is 2.78 bits per heavy atom. The van der Waals surface area contributed by atoms with Gasteiger partial charge in [-0.15, -0.1) is 0 Å². The van der Waals surface area contributed by atoms with Gasteiger partial charge in [0.05, 0.1) is 19.5 Å². The molecule has 4 aromatic rings. The molecule has 0 aliphatic carbocycles. The Balaban J connectivity index is 1.78. The lowest BCUT2D eigenvalue weighted by Crippen LogP contribution is -2.37. The smallest absolute Gasteiger partial charge is 0.228 e. The number of rotatable bonds is 3. The van der Waals surface area contributed by atoms with Gasteiger partial charge in [0.25, 0.3) is 0 Å². The van der Waals surface area contributed by atoms with Gasteiger partial charge in [-0.1, -0.05) is 12.1 Å². The molecule has 3 aromatic heterocycles. The van der Waals surface area contributed by atoms with Crippen molar-refractivity contribution in [2.45, 2.75) is 19.9 Å². The summed E-state index contributed by atoms with van der Waals surface area (Å²) in [5.41, 5.74) is 4.77. The first-order chi connectivity index (χ1) is 13.2. The van der Waals surface area contributed by atoms with E-state index in [0.717, 1.165) is 52.4 Å². The van der Waals surface area contributed by atoms with Crippen LogP contribution in [0.25, 0.3) is 33.3 Å². The zero-order chi connectivity index (χ0) is 18.4. The van der Waals surface area contributed by atoms with Crippen molar-refractivity contribution in [2.75, 3.05) is 31.2 Å². The maximum atomic E-state index is 5.50. The molecule has 0 amide bonds. The van der Waals surface area contributed by atoms with Crippen LogP contribution < -0.4 is 4.90 Å². The molecule has 0 spiro atoms. The Hall–Kier alpha value is -2.93. The molecule has 1 fully saturated rings. The van der Waals surface area contributed by atoms with Gasteiger partial charge in [-0.25, -0.2) is 9.97 Å². The van der Waals surface area contributed by atoms with E-state index < -0.39 is 0 Å². The van der Waals surface area contributed by atoms with Crippen molar-refractivity contribution in [1.82, 2.24) is 24.5 Å². The number of nitrogens with zero attached hydrogens (tertiary/aromatic N) is 5. The van der Waals surface area contributed by atoms with E-state index in [9.17, 15) is 0 Å². The predicted octanol–water partition coefficient (Wildman–Crippen LogP) is 3.39. The van der Waals surface area contributed by atoms with E-state index in [1.54, 1.807) is 0 Å². The molecule has 1 N–H and O–H groups in total. The molecule has 0 unspecified atom stereocenters. The summed E-state index contributed by atoms with van der Waals surface area (Å²) in [6.07, 6.45) is 3.83. The van der Waals surface area contributed by atoms with Crippen molar-refractivity contribution in [3.63, 3.8) is 0 Å². The van der Waals surface area contributed by atoms with E-state index in [1.807, 2.05) is 12.5 Å². The predicted molar refractivity (Wildman–Crippen MR) is 106 cm³/mol. The van der Waals surface area contributed by atoms with E-state index >= 15 is 0 Å². The van der Waals surface area contributed by atoms with Gasteiger partial charge in [0.1, 0.15) is 11.2 Å². The molecule has 1 saturated heterocycles. The summed E-state index contributed by atoms with van der Waals surface area (Å²) < 4.78 is 7.61. The summed E-state index contributed by atoms with van der Waals surface area (Å²) in [6, 6.07) is 8.60. The molecule has 5 rings (SSSR count). The number of imidazole rings is 1. The van der Waals surface area contributed by atoms with E-state index in [4.69, 9.17) is 14.7 Å². The molecule has 1 aromatic carbocycles. The van der Waals surface area contributed by atoms with Crippen LogP contribution >= 0.6 is 0 Å². The summed E-state index contributed by atoms with van der Waals surface area (Å²) in [4.78, 5) is 20.0. The van der Waals surface area contributed by atoms with Crippen LogP contribution in [-0.4, -0.2) is 50.8 Å². The molecule has 7 heteroatoms. The third kappa shape index (κ3) is 2.66. The van der Waals surface area contributed by atoms with Gasteiger partial charge in [-0.3, -0.25) is 0 Å². The summed E-state index contributed by atoms with van der Waals surface area (Å²) >= 11 is 0. The lowest BCUT2D eigenvalue weighted by Gasteiger charge is -2.27. The second-order valence-electron chi connectivity index (χ2n) is 7.13. The van der Waals surface area contributed by atoms with Crippen molar-refractivity contribution >= 4 is 28.0 Å². The van der Waals surface area contributed by atoms with E-state index in [-0.39, 0.29) is 6.04 Å². The largest absolute Gasteiger partial charge is 0.378 e. The summed E-state index contributed by atoms with van der Waals surface area (Å²) in [7, 11) is 0. The standard InChI is InChI=1S/C20H22N6O/c1-13(2)26-12-22-18-17(15-4-3-5-16-14(15)6-7-21-16)23-20(24-19(18)26)25-8-10-27-11-9-25/h3-7,12-13,21H,8-11H2,1-2H3. The third-order valence-corrected chi connectivity index (χ3v) is 5.11. The number of benzene rings is 1. The highest BCUT2D eigenvalue weighted by Gasteiger charge is 2.21. The van der Waals surface area contributed by atoms with Gasteiger partial charge in [-0.2, -0.15) is 4.98 Å². The Labute approximate surface area is 157 Å². The second kappa shape index (κ2) is 6.35. The van der Waals surface area contributed by atoms with Crippen LogP contribution in [0.5, 0.6) is 0 Å². The summed E-state index contributed by atoms with van der Waals surface area (Å²) in [5.74, 6) is 0.746. The molecule has 0 bridgehead atoms. The van der Waals surface area contributed by atoms with E-state index in [1.165, 1.54) is 0 Å². The number of hydrogen-bond acceptors (Lipinski definition) is 5. The lowest BCUT2D eigenvalue weighted by atomic mass is 10.1. The molecular weight excluding hydrogens is 340 g/mol. The van der Waals surface area contributed by atoms with E-state index in [2.05, 4.69) is 57.5 Å². The highest BCUT2D eigenvalue weighted by atomic mass is 16.5. The number of hydrogen-bond donors (Lipinski definition) is 1. The van der Waals surface area contributed by atoms with Crippen molar-refractivity contribution in [2.24, 2.45) is 0 Å². The number of morpholine rings is 1. The number of H-pyrrole nitrogens is 1. The van der Waals surface area contributed by atoms with Crippen molar-refractivity contribution < 1.29 is 4.74 Å². The zero-order valence-electron chi connectivity index (χ0n) is 15.5. The summed E-state index contributed by atoms with van der Waals surface area (Å²) in [6.45, 7) is 7.29. The van der Waals surface area contributed by atoms with Crippen LogP contribution in [0.1, 0.15) is 19.9 Å². The number of aromatic nitrogens is 5. The van der Waals surface area contributed by atoms with Crippen LogP contribution in [0, 0.1) is 0 Å². The molecule has 0 atom stereocenters. The SMILES string of the molecule is CC(C)n1cnc2c(-c3cccc4[nH]ccc34)nc(N3CCOCC3)nc21. The van der Waals surface area contributed by atoms with Gasteiger partial charge in [0.15, 0.2) is 5.65 Å². The first-order valence-electron chi connectivity index (χ1n) is 9.36. The van der Waals surface area contributed by atoms with Crippen molar-refractivity contribution in [1.29, 1.82) is 0 Å². The number of ether oxygens (including phenoxy) is 1. The van der Waals surface area contributed by atoms with Crippen LogP contribution in [-0.2, 0) is 4.74 Å². The molecule has 27 heavy (non-hydrogen) atoms. The Morgan fingerprint density at radius 2 is 1.96 bits per heavy atom. The van der Waals surface area contributed by atoms with E-state index in [0.29, 0.717) is 13.2 Å². The van der Waals surface area contributed by atoms with Crippen molar-refractivity contribution in [3.8, 4) is 11.3 Å².